The SMILES string of the molecule is COc1ccc(N2C(=O)C(c3ccc(C)cc3C)=C(N3CCOCC3)C2=O)cc1. The van der Waals surface area contributed by atoms with Crippen molar-refractivity contribution in [2.24, 2.45) is 0 Å². The van der Waals surface area contributed by atoms with Crippen LogP contribution in [-0.2, 0) is 14.3 Å². The van der Waals surface area contributed by atoms with Crippen molar-refractivity contribution in [1.82, 2.24) is 4.90 Å². The number of methoxy groups -OCH3 is 1. The zero-order valence-electron chi connectivity index (χ0n) is 16.9. The fourth-order valence-corrected chi connectivity index (χ4v) is 3.90. The number of hydrogen-bond donors (Lipinski definition) is 0. The summed E-state index contributed by atoms with van der Waals surface area (Å²) in [4.78, 5) is 30.2. The van der Waals surface area contributed by atoms with Gasteiger partial charge in [0.2, 0.25) is 0 Å². The molecular weight excluding hydrogens is 368 g/mol. The Morgan fingerprint density at radius 3 is 2.24 bits per heavy atom. The van der Waals surface area contributed by atoms with Gasteiger partial charge in [0.1, 0.15) is 11.4 Å². The van der Waals surface area contributed by atoms with Gasteiger partial charge in [0.25, 0.3) is 11.8 Å². The standard InChI is InChI=1S/C23H24N2O4/c1-15-4-9-19(16(2)14-15)20-21(24-10-12-29-13-11-24)23(27)25(22(20)26)17-5-7-18(28-3)8-6-17/h4-9,14H,10-13H2,1-3H3. The van der Waals surface area contributed by atoms with Gasteiger partial charge in [0.15, 0.2) is 0 Å². The molecule has 0 aliphatic carbocycles. The third-order valence-electron chi connectivity index (χ3n) is 5.37. The lowest BCUT2D eigenvalue weighted by atomic mass is 9.97. The highest BCUT2D eigenvalue weighted by Crippen LogP contribution is 2.36. The molecule has 1 saturated heterocycles. The van der Waals surface area contributed by atoms with E-state index in [4.69, 9.17) is 9.47 Å². The molecule has 2 aliphatic rings. The molecule has 2 aromatic carbocycles. The van der Waals surface area contributed by atoms with E-state index in [-0.39, 0.29) is 11.8 Å². The number of carbonyl (C=O) groups is 2. The van der Waals surface area contributed by atoms with Crippen LogP contribution in [0.15, 0.2) is 48.2 Å². The van der Waals surface area contributed by atoms with Crippen LogP contribution in [0.2, 0.25) is 0 Å². The molecule has 6 nitrogen and oxygen atoms in total. The Bertz CT molecular complexity index is 988. The van der Waals surface area contributed by atoms with Gasteiger partial charge < -0.3 is 14.4 Å². The van der Waals surface area contributed by atoms with Gasteiger partial charge in [-0.25, -0.2) is 4.90 Å². The highest BCUT2D eigenvalue weighted by Gasteiger charge is 2.43. The van der Waals surface area contributed by atoms with Crippen molar-refractivity contribution in [2.75, 3.05) is 38.3 Å². The summed E-state index contributed by atoms with van der Waals surface area (Å²) in [5.74, 6) is 0.0782. The number of imide groups is 1. The first-order valence-corrected chi connectivity index (χ1v) is 9.68. The van der Waals surface area contributed by atoms with Crippen molar-refractivity contribution in [3.63, 3.8) is 0 Å². The minimum atomic E-state index is -0.298. The lowest BCUT2D eigenvalue weighted by molar-refractivity contribution is -0.121. The summed E-state index contributed by atoms with van der Waals surface area (Å²) in [7, 11) is 1.58. The maximum absolute atomic E-state index is 13.5. The minimum Gasteiger partial charge on any atom is -0.497 e. The van der Waals surface area contributed by atoms with Gasteiger partial charge in [-0.2, -0.15) is 0 Å². The number of aryl methyl sites for hydroxylation is 2. The van der Waals surface area contributed by atoms with Gasteiger partial charge >= 0.3 is 0 Å². The van der Waals surface area contributed by atoms with E-state index in [2.05, 4.69) is 0 Å². The van der Waals surface area contributed by atoms with Crippen LogP contribution in [0.5, 0.6) is 5.75 Å². The fourth-order valence-electron chi connectivity index (χ4n) is 3.90. The summed E-state index contributed by atoms with van der Waals surface area (Å²) in [6.07, 6.45) is 0. The molecule has 2 aromatic rings. The van der Waals surface area contributed by atoms with Crippen LogP contribution < -0.4 is 9.64 Å². The average Bonchev–Trinajstić information content (AvgIpc) is 2.99. The largest absolute Gasteiger partial charge is 0.497 e. The normalized spacial score (nSPS) is 17.3. The predicted molar refractivity (Wildman–Crippen MR) is 111 cm³/mol. The van der Waals surface area contributed by atoms with Crippen molar-refractivity contribution in [2.45, 2.75) is 13.8 Å². The van der Waals surface area contributed by atoms with Crippen LogP contribution in [0.3, 0.4) is 0 Å². The molecule has 0 radical (unpaired) electrons. The first kappa shape index (κ1) is 19.2. The number of anilines is 1. The third kappa shape index (κ3) is 3.40. The van der Waals surface area contributed by atoms with E-state index < -0.39 is 0 Å². The van der Waals surface area contributed by atoms with Crippen LogP contribution in [0, 0.1) is 13.8 Å². The van der Waals surface area contributed by atoms with Crippen molar-refractivity contribution < 1.29 is 19.1 Å². The summed E-state index contributed by atoms with van der Waals surface area (Å²) in [6, 6.07) is 12.9. The van der Waals surface area contributed by atoms with Gasteiger partial charge in [-0.05, 0) is 49.2 Å². The quantitative estimate of drug-likeness (QED) is 0.749. The maximum Gasteiger partial charge on any atom is 0.282 e. The molecule has 2 amide bonds. The van der Waals surface area contributed by atoms with Crippen molar-refractivity contribution in [1.29, 1.82) is 0 Å². The Morgan fingerprint density at radius 2 is 1.62 bits per heavy atom. The molecule has 1 fully saturated rings. The van der Waals surface area contributed by atoms with Crippen LogP contribution in [-0.4, -0.2) is 50.1 Å². The third-order valence-corrected chi connectivity index (χ3v) is 5.37. The number of nitrogens with zero attached hydrogens (tertiary/aromatic N) is 2. The molecule has 0 atom stereocenters. The lowest BCUT2D eigenvalue weighted by Crippen LogP contribution is -2.40. The van der Waals surface area contributed by atoms with E-state index in [9.17, 15) is 9.59 Å². The molecular formula is C23H24N2O4. The van der Waals surface area contributed by atoms with E-state index in [0.29, 0.717) is 49.0 Å². The van der Waals surface area contributed by atoms with Crippen molar-refractivity contribution >= 4 is 23.1 Å². The number of rotatable bonds is 4. The molecule has 4 rings (SSSR count). The summed E-state index contributed by atoms with van der Waals surface area (Å²) in [5, 5.41) is 0. The van der Waals surface area contributed by atoms with Crippen molar-refractivity contribution in [3.8, 4) is 5.75 Å². The Balaban J connectivity index is 1.83. The molecule has 0 N–H and O–H groups in total. The topological polar surface area (TPSA) is 59.1 Å². The minimum absolute atomic E-state index is 0.294. The molecule has 2 heterocycles. The highest BCUT2D eigenvalue weighted by atomic mass is 16.5. The number of ether oxygens (including phenoxy) is 2. The smallest absolute Gasteiger partial charge is 0.282 e. The Kier molecular flexibility index (Phi) is 5.11. The van der Waals surface area contributed by atoms with E-state index in [1.807, 2.05) is 36.9 Å². The summed E-state index contributed by atoms with van der Waals surface area (Å²) in [6.45, 7) is 6.22. The number of hydrogen-bond acceptors (Lipinski definition) is 5. The van der Waals surface area contributed by atoms with E-state index >= 15 is 0 Å². The van der Waals surface area contributed by atoms with Crippen LogP contribution in [0.25, 0.3) is 5.57 Å². The van der Waals surface area contributed by atoms with Crippen LogP contribution in [0.4, 0.5) is 5.69 Å². The van der Waals surface area contributed by atoms with E-state index in [0.717, 1.165) is 16.7 Å². The number of morpholine rings is 1. The highest BCUT2D eigenvalue weighted by molar-refractivity contribution is 6.45. The molecule has 0 bridgehead atoms. The number of benzene rings is 2. The predicted octanol–water partition coefficient (Wildman–Crippen LogP) is 2.93. The zero-order chi connectivity index (χ0) is 20.5. The fraction of sp³-hybridized carbons (Fsp3) is 0.304. The van der Waals surface area contributed by atoms with Crippen LogP contribution >= 0.6 is 0 Å². The molecule has 2 aliphatic heterocycles. The molecule has 0 aromatic heterocycles. The average molecular weight is 392 g/mol. The molecule has 0 unspecified atom stereocenters. The number of amides is 2. The van der Waals surface area contributed by atoms with Gasteiger partial charge in [-0.3, -0.25) is 9.59 Å². The van der Waals surface area contributed by atoms with Gasteiger partial charge in [-0.1, -0.05) is 23.8 Å². The first-order valence-electron chi connectivity index (χ1n) is 9.68. The Labute approximate surface area is 170 Å². The van der Waals surface area contributed by atoms with E-state index in [1.54, 1.807) is 31.4 Å². The Hall–Kier alpha value is -3.12. The molecule has 0 spiro atoms. The molecule has 0 saturated carbocycles. The summed E-state index contributed by atoms with van der Waals surface area (Å²) >= 11 is 0. The lowest BCUT2D eigenvalue weighted by Gasteiger charge is -2.29. The second kappa shape index (κ2) is 7.72. The Morgan fingerprint density at radius 1 is 0.931 bits per heavy atom. The monoisotopic (exact) mass is 392 g/mol. The maximum atomic E-state index is 13.5. The zero-order valence-corrected chi connectivity index (χ0v) is 16.9. The molecule has 6 heteroatoms. The summed E-state index contributed by atoms with van der Waals surface area (Å²) < 4.78 is 10.6. The second-order valence-corrected chi connectivity index (χ2v) is 7.29. The molecule has 150 valence electrons. The van der Waals surface area contributed by atoms with Gasteiger partial charge in [0, 0.05) is 13.1 Å². The first-order chi connectivity index (χ1) is 14.0. The number of carbonyl (C=O) groups excluding carboxylic acids is 2. The van der Waals surface area contributed by atoms with Gasteiger partial charge in [-0.15, -0.1) is 0 Å². The molecule has 29 heavy (non-hydrogen) atoms. The van der Waals surface area contributed by atoms with E-state index in [1.165, 1.54) is 4.90 Å². The van der Waals surface area contributed by atoms with Crippen LogP contribution in [0.1, 0.15) is 16.7 Å². The van der Waals surface area contributed by atoms with Crippen molar-refractivity contribution in [3.05, 3.63) is 64.9 Å². The summed E-state index contributed by atoms with van der Waals surface area (Å²) in [5.41, 5.74) is 4.34. The van der Waals surface area contributed by atoms with Gasteiger partial charge in [0.05, 0.1) is 31.6 Å². The second-order valence-electron chi connectivity index (χ2n) is 7.29.